The summed E-state index contributed by atoms with van der Waals surface area (Å²) >= 11 is 0. The van der Waals surface area contributed by atoms with Gasteiger partial charge < -0.3 is 24.2 Å². The maximum atomic E-state index is 10.0. The molecule has 0 heterocycles. The zero-order valence-corrected chi connectivity index (χ0v) is 10.4. The zero-order valence-electron chi connectivity index (χ0n) is 10.6. The van der Waals surface area contributed by atoms with Crippen molar-refractivity contribution in [1.29, 1.82) is 0 Å². The van der Waals surface area contributed by atoms with Gasteiger partial charge in [0.05, 0.1) is 0 Å². The Kier molecular flexibility index (Phi) is 20.3. The van der Waals surface area contributed by atoms with Gasteiger partial charge in [-0.05, 0) is 0 Å². The zero-order chi connectivity index (χ0) is 9.99. The number of carbonyl (C=O) groups is 1. The number of hydrogen-bond donors (Lipinski definition) is 6. The Morgan fingerprint density at radius 1 is 0.875 bits per heavy atom. The van der Waals surface area contributed by atoms with Crippen LogP contribution in [0.1, 0.15) is 2.85 Å². The number of hydrogen-bond acceptors (Lipinski definition) is 7. The third kappa shape index (κ3) is 24.1. The van der Waals surface area contributed by atoms with Crippen LogP contribution in [0.5, 0.6) is 0 Å². The Morgan fingerprint density at radius 2 is 1.06 bits per heavy atom. The van der Waals surface area contributed by atoms with Crippen molar-refractivity contribution in [2.45, 2.75) is 0 Å². The van der Waals surface area contributed by atoms with E-state index in [1.54, 1.807) is 0 Å². The standard InChI is InChI=1S/CH4O9P2.2Li.2H3N.2H/c2-1(9-11(3,4)5)10-12(6,7)8;;;;;;/h(H2,3,4,5)(H2,6,7,8);;;2*1H3;;/q;2*+1;;;2*-1. The molecular weight excluding hydrogens is 260 g/mol. The molecule has 0 amide bonds. The monoisotopic (exact) mass is 272 g/mol. The molecule has 0 aromatic carbocycles. The molecule has 0 unspecified atom stereocenters. The van der Waals surface area contributed by atoms with Crippen LogP contribution in [0.25, 0.3) is 0 Å². The molecule has 0 rings (SSSR count). The van der Waals surface area contributed by atoms with E-state index in [-0.39, 0.29) is 52.9 Å². The van der Waals surface area contributed by atoms with Crippen molar-refractivity contribution in [1.82, 2.24) is 12.3 Å². The number of rotatable bonds is 2. The van der Waals surface area contributed by atoms with E-state index in [1.165, 1.54) is 0 Å². The van der Waals surface area contributed by atoms with E-state index in [1.807, 2.05) is 0 Å². The molecule has 15 heteroatoms. The van der Waals surface area contributed by atoms with Crippen LogP contribution in [-0.4, -0.2) is 25.7 Å². The minimum atomic E-state index is -5.13. The van der Waals surface area contributed by atoms with Gasteiger partial charge in [0.1, 0.15) is 0 Å². The fraction of sp³-hybridized carbons (Fsp3) is 0. The minimum Gasteiger partial charge on any atom is -1.00 e. The van der Waals surface area contributed by atoms with E-state index in [0.717, 1.165) is 0 Å². The number of carbonyl (C=O) groups excluding carboxylic acids is 1. The van der Waals surface area contributed by atoms with Gasteiger partial charge in [0, 0.05) is 0 Å². The normalized spacial score (nSPS) is 9.25. The Labute approximate surface area is 117 Å². The first kappa shape index (κ1) is 30.1. The van der Waals surface area contributed by atoms with Gasteiger partial charge in [-0.2, -0.15) is 0 Å². The largest absolute Gasteiger partial charge is 1.00 e. The van der Waals surface area contributed by atoms with Gasteiger partial charge in [-0.25, -0.2) is 13.9 Å². The van der Waals surface area contributed by atoms with Crippen molar-refractivity contribution in [2.75, 3.05) is 0 Å². The number of phosphoric ester groups is 2. The maximum absolute atomic E-state index is 10.0. The summed E-state index contributed by atoms with van der Waals surface area (Å²) in [5.74, 6) is 0. The molecule has 0 bridgehead atoms. The van der Waals surface area contributed by atoms with Crippen LogP contribution in [0.4, 0.5) is 4.79 Å². The molecule has 0 aliphatic rings. The molecule has 0 aliphatic carbocycles. The Morgan fingerprint density at radius 3 is 1.19 bits per heavy atom. The van der Waals surface area contributed by atoms with Crippen LogP contribution in [0.15, 0.2) is 0 Å². The van der Waals surface area contributed by atoms with Crippen molar-refractivity contribution >= 4 is 21.8 Å². The molecule has 92 valence electrons. The SMILES string of the molecule is N.N.O=C(OP(=O)(O)O)OP(=O)(O)O.[H-].[H-].[Li+].[Li+]. The van der Waals surface area contributed by atoms with Crippen LogP contribution in [0.2, 0.25) is 0 Å². The quantitative estimate of drug-likeness (QED) is 0.205. The molecule has 16 heavy (non-hydrogen) atoms. The average Bonchev–Trinajstić information content (AvgIpc) is 1.49. The molecule has 0 aromatic heterocycles. The topological polar surface area (TPSA) is 221 Å². The van der Waals surface area contributed by atoms with Crippen LogP contribution >= 0.6 is 15.6 Å². The van der Waals surface area contributed by atoms with Crippen molar-refractivity contribution in [3.8, 4) is 0 Å². The molecule has 10 N–H and O–H groups in total. The van der Waals surface area contributed by atoms with E-state index < -0.39 is 21.8 Å². The molecule has 0 saturated heterocycles. The Balaban J connectivity index is -0.0000000403. The predicted octanol–water partition coefficient (Wildman–Crippen LogP) is -6.12. The fourth-order valence-electron chi connectivity index (χ4n) is 0.211. The second kappa shape index (κ2) is 10.8. The van der Waals surface area contributed by atoms with Gasteiger partial charge in [-0.15, -0.1) is 0 Å². The van der Waals surface area contributed by atoms with Gasteiger partial charge in [0.25, 0.3) is 0 Å². The van der Waals surface area contributed by atoms with E-state index in [2.05, 4.69) is 9.05 Å². The van der Waals surface area contributed by atoms with E-state index in [9.17, 15) is 13.9 Å². The Bertz CT molecular complexity index is 254. The summed E-state index contributed by atoms with van der Waals surface area (Å²) in [5.41, 5.74) is 0. The van der Waals surface area contributed by atoms with Crippen molar-refractivity contribution in [3.05, 3.63) is 0 Å². The molecule has 0 radical (unpaired) electrons. The molecule has 0 spiro atoms. The van der Waals surface area contributed by atoms with E-state index in [0.29, 0.717) is 0 Å². The van der Waals surface area contributed by atoms with E-state index in [4.69, 9.17) is 19.6 Å². The minimum absolute atomic E-state index is 0. The van der Waals surface area contributed by atoms with E-state index >= 15 is 0 Å². The summed E-state index contributed by atoms with van der Waals surface area (Å²) in [5, 5.41) is 0. The summed E-state index contributed by atoms with van der Waals surface area (Å²) in [4.78, 5) is 41.7. The first-order valence-corrected chi connectivity index (χ1v) is 5.20. The first-order valence-electron chi connectivity index (χ1n) is 2.14. The number of phosphoric acid groups is 2. The van der Waals surface area contributed by atoms with Gasteiger partial charge in [-0.3, -0.25) is 19.6 Å². The second-order valence-electron chi connectivity index (χ2n) is 1.41. The van der Waals surface area contributed by atoms with Crippen molar-refractivity contribution < 1.29 is 83.1 Å². The third-order valence-corrected chi connectivity index (χ3v) is 1.16. The summed E-state index contributed by atoms with van der Waals surface area (Å²) < 4.78 is 25.9. The van der Waals surface area contributed by atoms with Crippen LogP contribution in [-0.2, 0) is 18.2 Å². The van der Waals surface area contributed by atoms with Gasteiger partial charge in [0.2, 0.25) is 0 Å². The van der Waals surface area contributed by atoms with Crippen LogP contribution < -0.4 is 50.0 Å². The molecule has 0 fully saturated rings. The fourth-order valence-corrected chi connectivity index (χ4v) is 0.733. The first-order chi connectivity index (χ1) is 5.10. The summed E-state index contributed by atoms with van der Waals surface area (Å²) in [7, 11) is -10.3. The molecular formula is CH12Li2N2O9P2. The van der Waals surface area contributed by atoms with Gasteiger partial charge in [0.15, 0.2) is 0 Å². The molecule has 0 saturated carbocycles. The Hall–Kier alpha value is 0.685. The predicted molar refractivity (Wildman–Crippen MR) is 43.9 cm³/mol. The summed E-state index contributed by atoms with van der Waals surface area (Å²) in [6.07, 6.45) is -2.14. The van der Waals surface area contributed by atoms with Crippen LogP contribution in [0, 0.1) is 0 Å². The summed E-state index contributed by atoms with van der Waals surface area (Å²) in [6.45, 7) is 0. The second-order valence-corrected chi connectivity index (χ2v) is 3.74. The molecule has 0 atom stereocenters. The van der Waals surface area contributed by atoms with Gasteiger partial charge in [-0.1, -0.05) is 0 Å². The maximum Gasteiger partial charge on any atom is 1.00 e. The molecule has 0 aliphatic heterocycles. The third-order valence-electron chi connectivity index (χ3n) is 0.387. The van der Waals surface area contributed by atoms with Crippen molar-refractivity contribution in [2.24, 2.45) is 0 Å². The summed E-state index contributed by atoms with van der Waals surface area (Å²) in [6, 6.07) is 0. The van der Waals surface area contributed by atoms with Crippen molar-refractivity contribution in [3.63, 3.8) is 0 Å². The smallest absolute Gasteiger partial charge is 1.00 e. The average molecular weight is 272 g/mol. The molecule has 11 nitrogen and oxygen atoms in total. The van der Waals surface area contributed by atoms with Gasteiger partial charge >= 0.3 is 59.5 Å². The molecule has 0 aromatic rings. The van der Waals surface area contributed by atoms with Crippen LogP contribution in [0.3, 0.4) is 0 Å².